The first-order valence-electron chi connectivity index (χ1n) is 12.2. The van der Waals surface area contributed by atoms with E-state index in [1.54, 1.807) is 0 Å². The molecule has 2 saturated carbocycles. The zero-order valence-electron chi connectivity index (χ0n) is 18.2. The van der Waals surface area contributed by atoms with E-state index in [-0.39, 0.29) is 7.92 Å². The van der Waals surface area contributed by atoms with Crippen LogP contribution in [-0.4, -0.2) is 29.3 Å². The molecule has 4 rings (SSSR count). The molecule has 2 aliphatic carbocycles. The van der Waals surface area contributed by atoms with Crippen LogP contribution in [0.5, 0.6) is 0 Å². The summed E-state index contributed by atoms with van der Waals surface area (Å²) < 4.78 is 39.6. The molecule has 5 heteroatoms. The molecular formula is C25H37F3NP. The Hall–Kier alpha value is -0.600. The van der Waals surface area contributed by atoms with Crippen LogP contribution in [0.3, 0.4) is 0 Å². The molecule has 3 fully saturated rings. The number of rotatable bonds is 5. The Bertz CT molecular complexity index is 623. The summed E-state index contributed by atoms with van der Waals surface area (Å²) in [6.07, 6.45) is 13.0. The molecule has 0 amide bonds. The third-order valence-corrected chi connectivity index (χ3v) is 11.5. The number of benzene rings is 1. The standard InChI is InChI=1S/C25H37F3NP/c26-25(27,28)21-16-14-20(15-17-21)24(29-18-8-3-9-19-29)30(22-10-4-1-5-11-22)23-12-6-2-7-13-23/h14-17,22-24H,1-13,18-19H2. The molecule has 1 nitrogen and oxygen atoms in total. The number of hydrogen-bond donors (Lipinski definition) is 0. The smallest absolute Gasteiger partial charge is 0.292 e. The molecule has 1 aromatic carbocycles. The van der Waals surface area contributed by atoms with Gasteiger partial charge in [0.25, 0.3) is 0 Å². The number of piperidine rings is 1. The fourth-order valence-corrected chi connectivity index (χ4v) is 10.5. The zero-order valence-corrected chi connectivity index (χ0v) is 19.1. The second-order valence-electron chi connectivity index (χ2n) is 9.62. The van der Waals surface area contributed by atoms with Crippen LogP contribution < -0.4 is 0 Å². The van der Waals surface area contributed by atoms with Gasteiger partial charge in [0.05, 0.1) is 11.3 Å². The summed E-state index contributed by atoms with van der Waals surface area (Å²) in [7, 11) is -0.253. The van der Waals surface area contributed by atoms with Gasteiger partial charge in [0.2, 0.25) is 0 Å². The number of halogens is 3. The van der Waals surface area contributed by atoms with Gasteiger partial charge in [-0.05, 0) is 80.6 Å². The van der Waals surface area contributed by atoms with E-state index in [9.17, 15) is 13.2 Å². The highest BCUT2D eigenvalue weighted by molar-refractivity contribution is 7.59. The fraction of sp³-hybridized carbons (Fsp3) is 0.760. The molecule has 1 aromatic rings. The average molecular weight is 440 g/mol. The summed E-state index contributed by atoms with van der Waals surface area (Å²) >= 11 is 0. The van der Waals surface area contributed by atoms with Gasteiger partial charge >= 0.3 is 6.18 Å². The summed E-state index contributed by atoms with van der Waals surface area (Å²) in [4.78, 5) is 2.68. The molecule has 0 radical (unpaired) electrons. The van der Waals surface area contributed by atoms with Gasteiger partial charge in [-0.15, -0.1) is 0 Å². The lowest BCUT2D eigenvalue weighted by Crippen LogP contribution is -2.37. The lowest BCUT2D eigenvalue weighted by atomic mass is 9.99. The van der Waals surface area contributed by atoms with E-state index in [1.807, 2.05) is 12.1 Å². The van der Waals surface area contributed by atoms with Crippen LogP contribution in [-0.2, 0) is 6.18 Å². The maximum Gasteiger partial charge on any atom is 0.416 e. The van der Waals surface area contributed by atoms with Gasteiger partial charge in [0.15, 0.2) is 0 Å². The highest BCUT2D eigenvalue weighted by atomic mass is 31.1. The van der Waals surface area contributed by atoms with E-state index in [2.05, 4.69) is 4.90 Å². The minimum absolute atomic E-state index is 0.253. The van der Waals surface area contributed by atoms with Crippen molar-refractivity contribution in [3.8, 4) is 0 Å². The highest BCUT2D eigenvalue weighted by Gasteiger charge is 2.40. The van der Waals surface area contributed by atoms with E-state index < -0.39 is 11.7 Å². The van der Waals surface area contributed by atoms with Gasteiger partial charge in [-0.25, -0.2) is 0 Å². The topological polar surface area (TPSA) is 3.24 Å². The second kappa shape index (κ2) is 10.3. The third kappa shape index (κ3) is 5.41. The first-order chi connectivity index (χ1) is 14.5. The van der Waals surface area contributed by atoms with Crippen molar-refractivity contribution in [1.29, 1.82) is 0 Å². The Kier molecular flexibility index (Phi) is 7.79. The van der Waals surface area contributed by atoms with E-state index in [4.69, 9.17) is 0 Å². The first kappa shape index (κ1) is 22.6. The second-order valence-corrected chi connectivity index (χ2v) is 12.5. The quantitative estimate of drug-likeness (QED) is 0.417. The van der Waals surface area contributed by atoms with Crippen molar-refractivity contribution in [3.05, 3.63) is 35.4 Å². The molecule has 1 aliphatic heterocycles. The lowest BCUT2D eigenvalue weighted by molar-refractivity contribution is -0.137. The van der Waals surface area contributed by atoms with Gasteiger partial charge < -0.3 is 0 Å². The van der Waals surface area contributed by atoms with Crippen LogP contribution in [0.15, 0.2) is 24.3 Å². The van der Waals surface area contributed by atoms with Crippen molar-refractivity contribution in [2.45, 2.75) is 107 Å². The molecule has 3 aliphatic rings. The maximum absolute atomic E-state index is 13.2. The molecule has 168 valence electrons. The summed E-state index contributed by atoms with van der Waals surface area (Å²) in [6.45, 7) is 2.23. The Balaban J connectivity index is 1.69. The SMILES string of the molecule is FC(F)(F)c1ccc(C(N2CCCCC2)P(C2CCCCC2)C2CCCCC2)cc1. The third-order valence-electron chi connectivity index (χ3n) is 7.55. The number of likely N-dealkylation sites (tertiary alicyclic amines) is 1. The molecule has 0 bridgehead atoms. The largest absolute Gasteiger partial charge is 0.416 e. The molecule has 30 heavy (non-hydrogen) atoms. The average Bonchev–Trinajstić information content (AvgIpc) is 2.79. The Morgan fingerprint density at radius 1 is 0.700 bits per heavy atom. The van der Waals surface area contributed by atoms with E-state index >= 15 is 0 Å². The van der Waals surface area contributed by atoms with E-state index in [0.29, 0.717) is 5.78 Å². The molecule has 1 saturated heterocycles. The Labute approximate surface area is 181 Å². The van der Waals surface area contributed by atoms with Crippen molar-refractivity contribution < 1.29 is 13.2 Å². The molecule has 0 spiro atoms. The van der Waals surface area contributed by atoms with Crippen LogP contribution in [0.1, 0.15) is 100 Å². The number of nitrogens with zero attached hydrogens (tertiary/aromatic N) is 1. The minimum atomic E-state index is -4.25. The van der Waals surface area contributed by atoms with Crippen molar-refractivity contribution in [1.82, 2.24) is 4.90 Å². The van der Waals surface area contributed by atoms with Crippen LogP contribution >= 0.6 is 7.92 Å². The molecule has 0 N–H and O–H groups in total. The minimum Gasteiger partial charge on any atom is -0.292 e. The van der Waals surface area contributed by atoms with Gasteiger partial charge in [0.1, 0.15) is 0 Å². The van der Waals surface area contributed by atoms with Crippen molar-refractivity contribution in [2.24, 2.45) is 0 Å². The monoisotopic (exact) mass is 439 g/mol. The summed E-state index contributed by atoms with van der Waals surface area (Å²) in [5.74, 6) is 0.355. The number of hydrogen-bond acceptors (Lipinski definition) is 1. The van der Waals surface area contributed by atoms with Crippen molar-refractivity contribution in [2.75, 3.05) is 13.1 Å². The summed E-state index contributed by atoms with van der Waals surface area (Å²) in [5, 5.41) is 0. The predicted molar refractivity (Wildman–Crippen MR) is 120 cm³/mol. The zero-order chi connectivity index (χ0) is 21.0. The fourth-order valence-electron chi connectivity index (χ4n) is 6.03. The molecule has 1 unspecified atom stereocenters. The van der Waals surface area contributed by atoms with Crippen LogP contribution in [0.25, 0.3) is 0 Å². The Morgan fingerprint density at radius 2 is 1.17 bits per heavy atom. The van der Waals surface area contributed by atoms with Gasteiger partial charge in [-0.2, -0.15) is 13.2 Å². The van der Waals surface area contributed by atoms with Gasteiger partial charge in [-0.1, -0.05) is 65.0 Å². The normalized spacial score (nSPS) is 24.3. The van der Waals surface area contributed by atoms with Gasteiger partial charge in [0, 0.05) is 0 Å². The van der Waals surface area contributed by atoms with Crippen molar-refractivity contribution >= 4 is 7.92 Å². The first-order valence-corrected chi connectivity index (χ1v) is 13.8. The Morgan fingerprint density at radius 3 is 1.63 bits per heavy atom. The summed E-state index contributed by atoms with van der Waals surface area (Å²) in [5.41, 5.74) is 2.24. The molecule has 0 aromatic heterocycles. The van der Waals surface area contributed by atoms with E-state index in [1.165, 1.54) is 95.6 Å². The predicted octanol–water partition coefficient (Wildman–Crippen LogP) is 8.34. The van der Waals surface area contributed by atoms with E-state index in [0.717, 1.165) is 30.0 Å². The number of alkyl halides is 3. The van der Waals surface area contributed by atoms with Crippen LogP contribution in [0, 0.1) is 0 Å². The molecular weight excluding hydrogens is 402 g/mol. The highest BCUT2D eigenvalue weighted by Crippen LogP contribution is 2.65. The maximum atomic E-state index is 13.2. The molecule has 1 heterocycles. The van der Waals surface area contributed by atoms with Crippen molar-refractivity contribution in [3.63, 3.8) is 0 Å². The van der Waals surface area contributed by atoms with Gasteiger partial charge in [-0.3, -0.25) is 4.90 Å². The van der Waals surface area contributed by atoms with Crippen LogP contribution in [0.4, 0.5) is 13.2 Å². The van der Waals surface area contributed by atoms with Crippen LogP contribution in [0.2, 0.25) is 0 Å². The molecule has 1 atom stereocenters. The summed E-state index contributed by atoms with van der Waals surface area (Å²) in [6, 6.07) is 6.31. The lowest BCUT2D eigenvalue weighted by Gasteiger charge is -2.48.